The van der Waals surface area contributed by atoms with Gasteiger partial charge in [-0.05, 0) is 18.3 Å². The molecule has 0 aliphatic heterocycles. The summed E-state index contributed by atoms with van der Waals surface area (Å²) in [6.07, 6.45) is 0.913. The molecule has 12 nitrogen and oxygen atoms in total. The number of carbonyl (C=O) groups excluding carboxylic acids is 4. The van der Waals surface area contributed by atoms with Crippen molar-refractivity contribution in [1.29, 1.82) is 0 Å². The van der Waals surface area contributed by atoms with E-state index in [2.05, 4.69) is 21.3 Å². The standard InChI is InChI=1S/C19H35N5O7/c1-5-11(4)16(20)19(31)24-13(9-25)18(30)21-7-14(26)23-12(6-10(2)3)17(29)22-8-15(27)28/h10-13,16,25H,5-9,20H2,1-4H3,(H,21,30)(H,22,29)(H,23,26)(H,24,31)(H,27,28)/t11-,12-,13-,16-/m0/s1. The fourth-order valence-electron chi connectivity index (χ4n) is 2.50. The van der Waals surface area contributed by atoms with Crippen LogP contribution in [0.2, 0.25) is 0 Å². The van der Waals surface area contributed by atoms with Crippen molar-refractivity contribution in [3.05, 3.63) is 0 Å². The molecular formula is C19H35N5O7. The van der Waals surface area contributed by atoms with Gasteiger partial charge >= 0.3 is 5.97 Å². The summed E-state index contributed by atoms with van der Waals surface area (Å²) in [6.45, 7) is 5.50. The summed E-state index contributed by atoms with van der Waals surface area (Å²) < 4.78 is 0. The second-order valence-corrected chi connectivity index (χ2v) is 7.73. The van der Waals surface area contributed by atoms with E-state index in [-0.39, 0.29) is 18.3 Å². The molecule has 0 saturated heterocycles. The van der Waals surface area contributed by atoms with E-state index < -0.39 is 67.4 Å². The topological polar surface area (TPSA) is 200 Å². The maximum Gasteiger partial charge on any atom is 0.322 e. The average Bonchev–Trinajstić information content (AvgIpc) is 2.71. The van der Waals surface area contributed by atoms with E-state index in [9.17, 15) is 29.1 Å². The van der Waals surface area contributed by atoms with Crippen molar-refractivity contribution in [2.75, 3.05) is 19.7 Å². The SMILES string of the molecule is CC[C@H](C)[C@H](N)C(=O)N[C@@H](CO)C(=O)NCC(=O)N[C@@H](CC(C)C)C(=O)NCC(=O)O. The highest BCUT2D eigenvalue weighted by atomic mass is 16.4. The predicted molar refractivity (Wildman–Crippen MR) is 111 cm³/mol. The largest absolute Gasteiger partial charge is 0.480 e. The van der Waals surface area contributed by atoms with Gasteiger partial charge in [-0.25, -0.2) is 0 Å². The minimum absolute atomic E-state index is 0.0270. The van der Waals surface area contributed by atoms with Crippen molar-refractivity contribution >= 4 is 29.6 Å². The monoisotopic (exact) mass is 445 g/mol. The van der Waals surface area contributed by atoms with Gasteiger partial charge in [-0.2, -0.15) is 0 Å². The molecule has 0 spiro atoms. The predicted octanol–water partition coefficient (Wildman–Crippen LogP) is -2.32. The Bertz CT molecular complexity index is 641. The number of aliphatic hydroxyl groups is 1. The van der Waals surface area contributed by atoms with E-state index in [1.165, 1.54) is 0 Å². The fourth-order valence-corrected chi connectivity index (χ4v) is 2.50. The molecule has 31 heavy (non-hydrogen) atoms. The Kier molecular flexibility index (Phi) is 13.0. The van der Waals surface area contributed by atoms with Gasteiger partial charge in [0.15, 0.2) is 0 Å². The van der Waals surface area contributed by atoms with Crippen molar-refractivity contribution in [2.45, 2.75) is 58.7 Å². The summed E-state index contributed by atoms with van der Waals surface area (Å²) in [5.41, 5.74) is 5.80. The van der Waals surface area contributed by atoms with Crippen molar-refractivity contribution in [1.82, 2.24) is 21.3 Å². The molecule has 0 fully saturated rings. The summed E-state index contributed by atoms with van der Waals surface area (Å²) in [6, 6.07) is -3.12. The first-order valence-electron chi connectivity index (χ1n) is 10.2. The zero-order valence-corrected chi connectivity index (χ0v) is 18.4. The molecule has 0 unspecified atom stereocenters. The normalized spacial score (nSPS) is 14.7. The van der Waals surface area contributed by atoms with Crippen LogP contribution in [0.1, 0.15) is 40.5 Å². The van der Waals surface area contributed by atoms with Gasteiger partial charge in [0.2, 0.25) is 23.6 Å². The number of rotatable bonds is 14. The van der Waals surface area contributed by atoms with Crippen LogP contribution in [-0.4, -0.2) is 77.6 Å². The van der Waals surface area contributed by atoms with Crippen molar-refractivity contribution in [2.24, 2.45) is 17.6 Å². The smallest absolute Gasteiger partial charge is 0.322 e. The second kappa shape index (κ2) is 14.3. The molecule has 12 heteroatoms. The lowest BCUT2D eigenvalue weighted by atomic mass is 9.99. The van der Waals surface area contributed by atoms with Crippen LogP contribution in [0, 0.1) is 11.8 Å². The summed E-state index contributed by atoms with van der Waals surface area (Å²) in [7, 11) is 0. The zero-order valence-electron chi connectivity index (χ0n) is 18.4. The summed E-state index contributed by atoms with van der Waals surface area (Å²) >= 11 is 0. The van der Waals surface area contributed by atoms with E-state index >= 15 is 0 Å². The highest BCUT2D eigenvalue weighted by Crippen LogP contribution is 2.06. The van der Waals surface area contributed by atoms with Gasteiger partial charge in [0, 0.05) is 0 Å². The lowest BCUT2D eigenvalue weighted by molar-refractivity contribution is -0.138. The third-order valence-electron chi connectivity index (χ3n) is 4.57. The minimum atomic E-state index is -1.29. The number of carboxylic acids is 1. The molecule has 4 amide bonds. The quantitative estimate of drug-likeness (QED) is 0.154. The van der Waals surface area contributed by atoms with Crippen LogP contribution in [0.3, 0.4) is 0 Å². The van der Waals surface area contributed by atoms with Crippen LogP contribution >= 0.6 is 0 Å². The van der Waals surface area contributed by atoms with Crippen molar-refractivity contribution in [3.8, 4) is 0 Å². The number of aliphatic hydroxyl groups excluding tert-OH is 1. The summed E-state index contributed by atoms with van der Waals surface area (Å²) in [4.78, 5) is 59.2. The second-order valence-electron chi connectivity index (χ2n) is 7.73. The molecule has 0 saturated carbocycles. The number of amides is 4. The molecule has 4 atom stereocenters. The Morgan fingerprint density at radius 3 is 1.90 bits per heavy atom. The maximum absolute atomic E-state index is 12.2. The Labute approximate surface area is 181 Å². The molecule has 0 aliphatic carbocycles. The first kappa shape index (κ1) is 28.3. The molecule has 0 aromatic heterocycles. The fraction of sp³-hybridized carbons (Fsp3) is 0.737. The first-order chi connectivity index (χ1) is 14.4. The van der Waals surface area contributed by atoms with Gasteiger partial charge in [-0.3, -0.25) is 24.0 Å². The van der Waals surface area contributed by atoms with E-state index in [0.29, 0.717) is 6.42 Å². The van der Waals surface area contributed by atoms with E-state index in [4.69, 9.17) is 10.8 Å². The van der Waals surface area contributed by atoms with Crippen LogP contribution in [0.15, 0.2) is 0 Å². The summed E-state index contributed by atoms with van der Waals surface area (Å²) in [5.74, 6) is -4.06. The molecule has 0 aliphatic rings. The molecule has 178 valence electrons. The van der Waals surface area contributed by atoms with Gasteiger partial charge in [-0.1, -0.05) is 34.1 Å². The molecule has 0 aromatic rings. The lowest BCUT2D eigenvalue weighted by Gasteiger charge is -2.22. The number of hydrogen-bond donors (Lipinski definition) is 7. The van der Waals surface area contributed by atoms with Gasteiger partial charge in [0.1, 0.15) is 18.6 Å². The van der Waals surface area contributed by atoms with E-state index in [1.54, 1.807) is 6.92 Å². The lowest BCUT2D eigenvalue weighted by Crippen LogP contribution is -2.56. The number of aliphatic carboxylic acids is 1. The average molecular weight is 446 g/mol. The number of carboxylic acid groups (broad SMARTS) is 1. The Balaban J connectivity index is 4.79. The van der Waals surface area contributed by atoms with Crippen LogP contribution in [0.5, 0.6) is 0 Å². The highest BCUT2D eigenvalue weighted by molar-refractivity contribution is 5.93. The van der Waals surface area contributed by atoms with Crippen LogP contribution in [0.25, 0.3) is 0 Å². The molecular weight excluding hydrogens is 410 g/mol. The Morgan fingerprint density at radius 1 is 0.871 bits per heavy atom. The molecule has 0 bridgehead atoms. The van der Waals surface area contributed by atoms with Crippen LogP contribution < -0.4 is 27.0 Å². The first-order valence-corrected chi connectivity index (χ1v) is 10.2. The molecule has 8 N–H and O–H groups in total. The Morgan fingerprint density at radius 2 is 1.42 bits per heavy atom. The van der Waals surface area contributed by atoms with Crippen molar-refractivity contribution in [3.63, 3.8) is 0 Å². The Hall–Kier alpha value is -2.73. The number of nitrogens with two attached hydrogens (primary N) is 1. The molecule has 0 aromatic carbocycles. The van der Waals surface area contributed by atoms with Crippen LogP contribution in [-0.2, 0) is 24.0 Å². The molecule has 0 radical (unpaired) electrons. The maximum atomic E-state index is 12.2. The van der Waals surface area contributed by atoms with E-state index in [0.717, 1.165) is 0 Å². The van der Waals surface area contributed by atoms with Gasteiger partial charge in [-0.15, -0.1) is 0 Å². The minimum Gasteiger partial charge on any atom is -0.480 e. The van der Waals surface area contributed by atoms with Crippen molar-refractivity contribution < 1.29 is 34.2 Å². The zero-order chi connectivity index (χ0) is 24.1. The van der Waals surface area contributed by atoms with Gasteiger partial charge < -0.3 is 37.2 Å². The number of nitrogens with one attached hydrogen (secondary N) is 4. The third-order valence-corrected chi connectivity index (χ3v) is 4.57. The van der Waals surface area contributed by atoms with Crippen LogP contribution in [0.4, 0.5) is 0 Å². The highest BCUT2D eigenvalue weighted by Gasteiger charge is 2.27. The van der Waals surface area contributed by atoms with Gasteiger partial charge in [0.05, 0.1) is 19.2 Å². The summed E-state index contributed by atoms with van der Waals surface area (Å²) in [5, 5.41) is 27.3. The molecule has 0 rings (SSSR count). The van der Waals surface area contributed by atoms with E-state index in [1.807, 2.05) is 20.8 Å². The molecule has 0 heterocycles. The number of hydrogen-bond acceptors (Lipinski definition) is 7. The number of carbonyl (C=O) groups is 5. The third kappa shape index (κ3) is 11.3. The van der Waals surface area contributed by atoms with Gasteiger partial charge in [0.25, 0.3) is 0 Å².